The van der Waals surface area contributed by atoms with E-state index in [9.17, 15) is 9.90 Å². The lowest BCUT2D eigenvalue weighted by Crippen LogP contribution is -2.05. The van der Waals surface area contributed by atoms with Crippen LogP contribution in [0.15, 0.2) is 57.7 Å². The first-order valence-corrected chi connectivity index (χ1v) is 7.08. The van der Waals surface area contributed by atoms with Gasteiger partial charge in [-0.3, -0.25) is 4.79 Å². The molecule has 0 radical (unpaired) electrons. The summed E-state index contributed by atoms with van der Waals surface area (Å²) in [5.41, 5.74) is 0.638. The van der Waals surface area contributed by atoms with Crippen molar-refractivity contribution in [1.29, 1.82) is 0 Å². The molecule has 0 saturated carbocycles. The van der Waals surface area contributed by atoms with Crippen molar-refractivity contribution in [3.8, 4) is 22.8 Å². The van der Waals surface area contributed by atoms with Crippen LogP contribution in [0.5, 0.6) is 11.5 Å². The van der Waals surface area contributed by atoms with E-state index in [2.05, 4.69) is 0 Å². The summed E-state index contributed by atoms with van der Waals surface area (Å²) in [7, 11) is 0. The van der Waals surface area contributed by atoms with Crippen LogP contribution in [0, 0.1) is 0 Å². The summed E-state index contributed by atoms with van der Waals surface area (Å²) in [5, 5.41) is 10.5. The Morgan fingerprint density at radius 1 is 1.05 bits per heavy atom. The van der Waals surface area contributed by atoms with E-state index in [1.54, 1.807) is 48.5 Å². The van der Waals surface area contributed by atoms with Crippen LogP contribution >= 0.6 is 0 Å². The van der Waals surface area contributed by atoms with Crippen LogP contribution < -0.4 is 10.2 Å². The van der Waals surface area contributed by atoms with Crippen molar-refractivity contribution in [2.24, 2.45) is 0 Å². The molecular weight excluding hydrogens is 280 g/mol. The van der Waals surface area contributed by atoms with E-state index in [1.807, 2.05) is 13.8 Å². The third-order valence-corrected chi connectivity index (χ3v) is 3.26. The average Bonchev–Trinajstić information content (AvgIpc) is 2.51. The normalized spacial score (nSPS) is 11.0. The van der Waals surface area contributed by atoms with Crippen molar-refractivity contribution in [2.75, 3.05) is 0 Å². The van der Waals surface area contributed by atoms with Gasteiger partial charge in [-0.1, -0.05) is 12.1 Å². The number of para-hydroxylation sites is 1. The fraction of sp³-hybridized carbons (Fsp3) is 0.167. The molecule has 0 bridgehead atoms. The second-order valence-corrected chi connectivity index (χ2v) is 5.30. The fourth-order valence-electron chi connectivity index (χ4n) is 2.28. The summed E-state index contributed by atoms with van der Waals surface area (Å²) >= 11 is 0. The lowest BCUT2D eigenvalue weighted by Gasteiger charge is -2.10. The lowest BCUT2D eigenvalue weighted by atomic mass is 10.1. The third-order valence-electron chi connectivity index (χ3n) is 3.26. The van der Waals surface area contributed by atoms with E-state index in [0.29, 0.717) is 16.5 Å². The Balaban J connectivity index is 2.10. The molecular formula is C18H16O4. The Morgan fingerprint density at radius 2 is 1.73 bits per heavy atom. The molecule has 0 amide bonds. The number of rotatable bonds is 3. The van der Waals surface area contributed by atoms with Crippen molar-refractivity contribution < 1.29 is 14.3 Å². The molecule has 0 fully saturated rings. The molecule has 0 saturated heterocycles. The third kappa shape index (κ3) is 2.55. The molecule has 0 aliphatic rings. The number of benzene rings is 2. The SMILES string of the molecule is CC(C)Oc1ccc(-c2oc3ccccc3c(=O)c2O)cc1. The highest BCUT2D eigenvalue weighted by Gasteiger charge is 2.15. The van der Waals surface area contributed by atoms with Crippen LogP contribution in [0.2, 0.25) is 0 Å². The summed E-state index contributed by atoms with van der Waals surface area (Å²) in [5.74, 6) is 0.511. The summed E-state index contributed by atoms with van der Waals surface area (Å²) in [6.45, 7) is 3.89. The monoisotopic (exact) mass is 296 g/mol. The van der Waals surface area contributed by atoms with E-state index in [4.69, 9.17) is 9.15 Å². The van der Waals surface area contributed by atoms with Crippen LogP contribution in [-0.4, -0.2) is 11.2 Å². The quantitative estimate of drug-likeness (QED) is 0.795. The smallest absolute Gasteiger partial charge is 0.235 e. The maximum absolute atomic E-state index is 12.2. The van der Waals surface area contributed by atoms with Crippen LogP contribution in [0.4, 0.5) is 0 Å². The largest absolute Gasteiger partial charge is 0.502 e. The van der Waals surface area contributed by atoms with Gasteiger partial charge in [-0.2, -0.15) is 0 Å². The highest BCUT2D eigenvalue weighted by molar-refractivity contribution is 5.81. The first-order valence-electron chi connectivity index (χ1n) is 7.08. The van der Waals surface area contributed by atoms with Crippen LogP contribution in [0.1, 0.15) is 13.8 Å². The van der Waals surface area contributed by atoms with E-state index in [0.717, 1.165) is 5.75 Å². The number of fused-ring (bicyclic) bond motifs is 1. The van der Waals surface area contributed by atoms with Crippen molar-refractivity contribution >= 4 is 11.0 Å². The Hall–Kier alpha value is -2.75. The van der Waals surface area contributed by atoms with Gasteiger partial charge < -0.3 is 14.3 Å². The van der Waals surface area contributed by atoms with Gasteiger partial charge >= 0.3 is 0 Å². The Bertz CT molecular complexity index is 860. The molecule has 4 heteroatoms. The van der Waals surface area contributed by atoms with Crippen molar-refractivity contribution in [1.82, 2.24) is 0 Å². The zero-order valence-corrected chi connectivity index (χ0v) is 12.4. The van der Waals surface area contributed by atoms with Gasteiger partial charge in [-0.25, -0.2) is 0 Å². The summed E-state index contributed by atoms with van der Waals surface area (Å²) in [4.78, 5) is 12.2. The topological polar surface area (TPSA) is 59.7 Å². The summed E-state index contributed by atoms with van der Waals surface area (Å²) in [6, 6.07) is 13.9. The first-order chi connectivity index (χ1) is 10.6. The Morgan fingerprint density at radius 3 is 2.41 bits per heavy atom. The maximum atomic E-state index is 12.2. The zero-order chi connectivity index (χ0) is 15.7. The highest BCUT2D eigenvalue weighted by atomic mass is 16.5. The second kappa shape index (κ2) is 5.56. The van der Waals surface area contributed by atoms with Crippen molar-refractivity contribution in [2.45, 2.75) is 20.0 Å². The summed E-state index contributed by atoms with van der Waals surface area (Å²) < 4.78 is 11.3. The first kappa shape index (κ1) is 14.2. The van der Waals surface area contributed by atoms with E-state index >= 15 is 0 Å². The van der Waals surface area contributed by atoms with Gasteiger partial charge in [0.05, 0.1) is 11.5 Å². The van der Waals surface area contributed by atoms with E-state index < -0.39 is 5.43 Å². The van der Waals surface area contributed by atoms with E-state index in [-0.39, 0.29) is 17.6 Å². The lowest BCUT2D eigenvalue weighted by molar-refractivity contribution is 0.242. The van der Waals surface area contributed by atoms with E-state index in [1.165, 1.54) is 0 Å². The van der Waals surface area contributed by atoms with Gasteiger partial charge in [0.15, 0.2) is 5.76 Å². The highest BCUT2D eigenvalue weighted by Crippen LogP contribution is 2.31. The Kier molecular flexibility index (Phi) is 3.59. The number of hydrogen-bond acceptors (Lipinski definition) is 4. The molecule has 0 unspecified atom stereocenters. The molecule has 0 aliphatic heterocycles. The predicted octanol–water partition coefficient (Wildman–Crippen LogP) is 3.95. The van der Waals surface area contributed by atoms with Gasteiger partial charge in [0.1, 0.15) is 11.3 Å². The molecule has 4 nitrogen and oxygen atoms in total. The van der Waals surface area contributed by atoms with Crippen LogP contribution in [-0.2, 0) is 0 Å². The molecule has 0 aliphatic carbocycles. The number of ether oxygens (including phenoxy) is 1. The minimum atomic E-state index is -0.431. The van der Waals surface area contributed by atoms with Crippen LogP contribution in [0.3, 0.4) is 0 Å². The molecule has 1 N–H and O–H groups in total. The molecule has 1 heterocycles. The zero-order valence-electron chi connectivity index (χ0n) is 12.4. The summed E-state index contributed by atoms with van der Waals surface area (Å²) in [6.07, 6.45) is 0.0813. The standard InChI is InChI=1S/C18H16O4/c1-11(2)21-13-9-7-12(8-10-13)18-17(20)16(19)14-5-3-4-6-15(14)22-18/h3-11,20H,1-2H3. The average molecular weight is 296 g/mol. The Labute approximate surface area is 127 Å². The van der Waals surface area contributed by atoms with Crippen LogP contribution in [0.25, 0.3) is 22.3 Å². The molecule has 2 aromatic carbocycles. The number of hydrogen-bond donors (Lipinski definition) is 1. The predicted molar refractivity (Wildman–Crippen MR) is 85.3 cm³/mol. The molecule has 0 atom stereocenters. The molecule has 112 valence electrons. The maximum Gasteiger partial charge on any atom is 0.235 e. The van der Waals surface area contributed by atoms with Gasteiger partial charge in [0, 0.05) is 5.56 Å². The molecule has 22 heavy (non-hydrogen) atoms. The number of aromatic hydroxyl groups is 1. The second-order valence-electron chi connectivity index (χ2n) is 5.30. The minimum Gasteiger partial charge on any atom is -0.502 e. The molecule has 0 spiro atoms. The van der Waals surface area contributed by atoms with Gasteiger partial charge in [0.2, 0.25) is 11.2 Å². The van der Waals surface area contributed by atoms with Gasteiger partial charge in [-0.15, -0.1) is 0 Å². The minimum absolute atomic E-state index is 0.0813. The van der Waals surface area contributed by atoms with Gasteiger partial charge in [-0.05, 0) is 50.2 Å². The van der Waals surface area contributed by atoms with Crippen molar-refractivity contribution in [3.05, 3.63) is 58.8 Å². The fourth-order valence-corrected chi connectivity index (χ4v) is 2.28. The van der Waals surface area contributed by atoms with Crippen molar-refractivity contribution in [3.63, 3.8) is 0 Å². The molecule has 3 aromatic rings. The molecule has 1 aromatic heterocycles. The molecule has 3 rings (SSSR count). The van der Waals surface area contributed by atoms with Gasteiger partial charge in [0.25, 0.3) is 0 Å².